The molecular formula is C75H120O6. The van der Waals surface area contributed by atoms with Gasteiger partial charge in [-0.1, -0.05) is 281 Å². The van der Waals surface area contributed by atoms with Gasteiger partial charge in [0, 0.05) is 19.3 Å². The second-order valence-corrected chi connectivity index (χ2v) is 21.2. The minimum absolute atomic E-state index is 0.113. The zero-order chi connectivity index (χ0) is 58.5. The van der Waals surface area contributed by atoms with E-state index in [4.69, 9.17) is 14.2 Å². The first kappa shape index (κ1) is 76.0. The fourth-order valence-electron chi connectivity index (χ4n) is 8.70. The van der Waals surface area contributed by atoms with Crippen LogP contribution in [-0.4, -0.2) is 37.2 Å². The highest BCUT2D eigenvalue weighted by Crippen LogP contribution is 2.16. The predicted octanol–water partition coefficient (Wildman–Crippen LogP) is 22.9. The Labute approximate surface area is 499 Å². The molecule has 0 saturated heterocycles. The Balaban J connectivity index is 4.38. The molecule has 0 bridgehead atoms. The Kier molecular flexibility index (Phi) is 63.4. The summed E-state index contributed by atoms with van der Waals surface area (Å²) in [7, 11) is 0. The van der Waals surface area contributed by atoms with Crippen molar-refractivity contribution in [2.45, 2.75) is 284 Å². The first-order chi connectivity index (χ1) is 40.0. The number of hydrogen-bond acceptors (Lipinski definition) is 6. The van der Waals surface area contributed by atoms with Crippen molar-refractivity contribution in [3.8, 4) is 0 Å². The number of carbonyl (C=O) groups excluding carboxylic acids is 3. The summed E-state index contributed by atoms with van der Waals surface area (Å²) in [6.45, 7) is 6.24. The van der Waals surface area contributed by atoms with Gasteiger partial charge in [0.15, 0.2) is 6.10 Å². The maximum absolute atomic E-state index is 12.9. The van der Waals surface area contributed by atoms with Gasteiger partial charge in [0.05, 0.1) is 0 Å². The third-order valence-corrected chi connectivity index (χ3v) is 13.5. The van der Waals surface area contributed by atoms with Crippen LogP contribution in [0.3, 0.4) is 0 Å². The molecule has 6 heteroatoms. The molecule has 0 N–H and O–H groups in total. The minimum atomic E-state index is -0.826. The number of carbonyl (C=O) groups is 3. The number of hydrogen-bond donors (Lipinski definition) is 0. The molecule has 0 aromatic heterocycles. The Morgan fingerprint density at radius 3 is 0.728 bits per heavy atom. The quantitative estimate of drug-likeness (QED) is 0.0261. The normalized spacial score (nSPS) is 13.2. The number of allylic oxidation sites excluding steroid dienone is 26. The average molecular weight is 1120 g/mol. The smallest absolute Gasteiger partial charge is 0.306 e. The van der Waals surface area contributed by atoms with Gasteiger partial charge in [-0.2, -0.15) is 0 Å². The van der Waals surface area contributed by atoms with E-state index in [1.807, 2.05) is 0 Å². The average Bonchev–Trinajstić information content (AvgIpc) is 3.47. The van der Waals surface area contributed by atoms with Gasteiger partial charge in [0.25, 0.3) is 0 Å². The van der Waals surface area contributed by atoms with E-state index in [1.165, 1.54) is 89.9 Å². The largest absolute Gasteiger partial charge is 0.462 e. The lowest BCUT2D eigenvalue weighted by molar-refractivity contribution is -0.167. The Bertz CT molecular complexity index is 1810. The first-order valence-electron chi connectivity index (χ1n) is 33.0. The molecule has 0 fully saturated rings. The van der Waals surface area contributed by atoms with Crippen molar-refractivity contribution in [3.05, 3.63) is 158 Å². The highest BCUT2D eigenvalue weighted by molar-refractivity contribution is 5.71. The standard InChI is InChI=1S/C75H120O6/c1-4-7-10-13-16-19-22-25-28-31-32-33-34-35-36-37-38-39-40-41-42-45-47-50-53-56-59-62-65-68-74(77)80-71-72(81-75(78)69-66-63-60-57-54-51-48-44-30-27-24-21-18-15-12-9-6-3)70-79-73(76)67-64-61-58-55-52-49-46-43-29-26-23-20-17-14-11-8-5-2/h7-12,16-21,25-30,32-33,46,48-49,51,57,60,72H,4-6,13-15,22-24,31,34-45,47,50,52-56,58-59,61-71H2,1-3H3/b10-7-,11-8-,12-9-,19-16-,20-17-,21-18-,28-25-,29-26-,30-27-,33-32-,49-46-,51-48-,60-57-. The van der Waals surface area contributed by atoms with Crippen LogP contribution in [0.15, 0.2) is 158 Å². The number of ether oxygens (including phenoxy) is 3. The molecule has 456 valence electrons. The molecule has 0 aliphatic carbocycles. The molecule has 1 atom stereocenters. The van der Waals surface area contributed by atoms with E-state index in [0.717, 1.165) is 141 Å². The van der Waals surface area contributed by atoms with Gasteiger partial charge < -0.3 is 14.2 Å². The maximum Gasteiger partial charge on any atom is 0.306 e. The highest BCUT2D eigenvalue weighted by Gasteiger charge is 2.19. The molecule has 0 aromatic carbocycles. The van der Waals surface area contributed by atoms with Crippen LogP contribution in [0.5, 0.6) is 0 Å². The molecule has 0 radical (unpaired) electrons. The van der Waals surface area contributed by atoms with Crippen LogP contribution in [0.1, 0.15) is 278 Å². The van der Waals surface area contributed by atoms with Crippen LogP contribution in [0.25, 0.3) is 0 Å². The zero-order valence-electron chi connectivity index (χ0n) is 52.2. The summed E-state index contributed by atoms with van der Waals surface area (Å²) in [6.07, 6.45) is 98.4. The van der Waals surface area contributed by atoms with Crippen molar-refractivity contribution in [2.24, 2.45) is 0 Å². The van der Waals surface area contributed by atoms with Crippen LogP contribution in [0.4, 0.5) is 0 Å². The van der Waals surface area contributed by atoms with Crippen molar-refractivity contribution in [2.75, 3.05) is 13.2 Å². The summed E-state index contributed by atoms with van der Waals surface area (Å²) in [6, 6.07) is 0. The lowest BCUT2D eigenvalue weighted by Crippen LogP contribution is -2.30. The first-order valence-corrected chi connectivity index (χ1v) is 33.0. The van der Waals surface area contributed by atoms with Crippen LogP contribution < -0.4 is 0 Å². The molecular weight excluding hydrogens is 997 g/mol. The Hall–Kier alpha value is -4.97. The second kappa shape index (κ2) is 67.5. The lowest BCUT2D eigenvalue weighted by atomic mass is 10.0. The summed E-state index contributed by atoms with van der Waals surface area (Å²) >= 11 is 0. The van der Waals surface area contributed by atoms with Gasteiger partial charge in [0.2, 0.25) is 0 Å². The van der Waals surface area contributed by atoms with Gasteiger partial charge >= 0.3 is 17.9 Å². The molecule has 0 amide bonds. The lowest BCUT2D eigenvalue weighted by Gasteiger charge is -2.18. The van der Waals surface area contributed by atoms with Crippen molar-refractivity contribution >= 4 is 17.9 Å². The van der Waals surface area contributed by atoms with Crippen molar-refractivity contribution < 1.29 is 28.6 Å². The van der Waals surface area contributed by atoms with Crippen molar-refractivity contribution in [1.82, 2.24) is 0 Å². The number of esters is 3. The summed E-state index contributed by atoms with van der Waals surface area (Å²) in [4.78, 5) is 38.3. The van der Waals surface area contributed by atoms with Crippen LogP contribution in [0.2, 0.25) is 0 Å². The summed E-state index contributed by atoms with van der Waals surface area (Å²) in [5.74, 6) is -0.997. The van der Waals surface area contributed by atoms with Crippen molar-refractivity contribution in [3.63, 3.8) is 0 Å². The van der Waals surface area contributed by atoms with Gasteiger partial charge in [-0.25, -0.2) is 0 Å². The molecule has 0 rings (SSSR count). The third kappa shape index (κ3) is 65.7. The number of unbranched alkanes of at least 4 members (excludes halogenated alkanes) is 21. The highest BCUT2D eigenvalue weighted by atomic mass is 16.6. The molecule has 0 aliphatic rings. The monoisotopic (exact) mass is 1120 g/mol. The van der Waals surface area contributed by atoms with Crippen LogP contribution >= 0.6 is 0 Å². The molecule has 81 heavy (non-hydrogen) atoms. The van der Waals surface area contributed by atoms with Crippen LogP contribution in [-0.2, 0) is 28.6 Å². The fourth-order valence-corrected chi connectivity index (χ4v) is 8.70. The minimum Gasteiger partial charge on any atom is -0.462 e. The second-order valence-electron chi connectivity index (χ2n) is 21.2. The topological polar surface area (TPSA) is 78.9 Å². The van der Waals surface area contributed by atoms with E-state index in [2.05, 4.69) is 179 Å². The third-order valence-electron chi connectivity index (χ3n) is 13.5. The van der Waals surface area contributed by atoms with Crippen LogP contribution in [0, 0.1) is 0 Å². The Morgan fingerprint density at radius 1 is 0.247 bits per heavy atom. The SMILES string of the molecule is CC/C=C\C/C=C\C/C=C\C/C=C\C/C=C\CCCC(=O)OC(COC(=O)CCCCCC/C=C\C/C=C\C/C=C\C/C=C\CC)COC(=O)CCCCCCCCCCCCCCCCCC/C=C\C/C=C\C/C=C\C/C=C\CC. The van der Waals surface area contributed by atoms with E-state index >= 15 is 0 Å². The molecule has 1 unspecified atom stereocenters. The molecule has 0 aromatic rings. The molecule has 0 saturated carbocycles. The van der Waals surface area contributed by atoms with Crippen molar-refractivity contribution in [1.29, 1.82) is 0 Å². The van der Waals surface area contributed by atoms with E-state index in [1.54, 1.807) is 0 Å². The molecule has 6 nitrogen and oxygen atoms in total. The summed E-state index contributed by atoms with van der Waals surface area (Å²) in [5, 5.41) is 0. The van der Waals surface area contributed by atoms with E-state index in [-0.39, 0.29) is 37.5 Å². The Morgan fingerprint density at radius 2 is 0.457 bits per heavy atom. The van der Waals surface area contributed by atoms with Gasteiger partial charge in [-0.15, -0.1) is 0 Å². The summed E-state index contributed by atoms with van der Waals surface area (Å²) < 4.78 is 16.9. The fraction of sp³-hybridized carbons (Fsp3) is 0.613. The van der Waals surface area contributed by atoms with Gasteiger partial charge in [-0.05, 0) is 135 Å². The van der Waals surface area contributed by atoms with E-state index in [9.17, 15) is 14.4 Å². The molecule has 0 aliphatic heterocycles. The van der Waals surface area contributed by atoms with Gasteiger partial charge in [0.1, 0.15) is 13.2 Å². The zero-order valence-corrected chi connectivity index (χ0v) is 52.2. The predicted molar refractivity (Wildman–Crippen MR) is 352 cm³/mol. The van der Waals surface area contributed by atoms with E-state index in [0.29, 0.717) is 19.3 Å². The molecule has 0 heterocycles. The van der Waals surface area contributed by atoms with E-state index < -0.39 is 6.10 Å². The molecule has 0 spiro atoms. The number of rotatable bonds is 58. The maximum atomic E-state index is 12.9. The summed E-state index contributed by atoms with van der Waals surface area (Å²) in [5.41, 5.74) is 0. The van der Waals surface area contributed by atoms with Gasteiger partial charge in [-0.3, -0.25) is 14.4 Å².